The molecule has 0 radical (unpaired) electrons. The normalized spacial score (nSPS) is 16.4. The summed E-state index contributed by atoms with van der Waals surface area (Å²) in [7, 11) is 0. The van der Waals surface area contributed by atoms with E-state index in [0.29, 0.717) is 5.92 Å². The van der Waals surface area contributed by atoms with Gasteiger partial charge in [0.1, 0.15) is 0 Å². The van der Waals surface area contributed by atoms with Crippen LogP contribution in [0.2, 0.25) is 0 Å². The van der Waals surface area contributed by atoms with Crippen LogP contribution in [0.1, 0.15) is 20.3 Å². The first kappa shape index (κ1) is 12.7. The Balaban J connectivity index is 4.51. The molecule has 14 heavy (non-hydrogen) atoms. The number of rotatable bonds is 6. The summed E-state index contributed by atoms with van der Waals surface area (Å²) < 4.78 is 0. The van der Waals surface area contributed by atoms with E-state index < -0.39 is 12.1 Å². The lowest BCUT2D eigenvalue weighted by Crippen LogP contribution is -2.42. The number of amides is 1. The van der Waals surface area contributed by atoms with Crippen LogP contribution < -0.4 is 5.32 Å². The SMILES string of the molecule is C=C[C@H](C(C=N)NC(=O)O)[C@@H](C)CC. The Morgan fingerprint density at radius 1 is 1.71 bits per heavy atom. The van der Waals surface area contributed by atoms with E-state index in [1.807, 2.05) is 13.8 Å². The summed E-state index contributed by atoms with van der Waals surface area (Å²) in [5.41, 5.74) is 0. The zero-order valence-electron chi connectivity index (χ0n) is 8.66. The molecule has 4 heteroatoms. The summed E-state index contributed by atoms with van der Waals surface area (Å²) in [6, 6.07) is -0.472. The molecule has 0 aromatic carbocycles. The average molecular weight is 198 g/mol. The predicted octanol–water partition coefficient (Wildman–Crippen LogP) is 2.12. The van der Waals surface area contributed by atoms with Gasteiger partial charge in [-0.25, -0.2) is 4.79 Å². The van der Waals surface area contributed by atoms with E-state index >= 15 is 0 Å². The van der Waals surface area contributed by atoms with E-state index in [4.69, 9.17) is 10.5 Å². The van der Waals surface area contributed by atoms with Crippen LogP contribution in [-0.4, -0.2) is 23.5 Å². The highest BCUT2D eigenvalue weighted by molar-refractivity contribution is 5.72. The molecule has 0 aromatic rings. The maximum atomic E-state index is 10.5. The van der Waals surface area contributed by atoms with Gasteiger partial charge in [0, 0.05) is 12.1 Å². The zero-order valence-corrected chi connectivity index (χ0v) is 8.66. The zero-order chi connectivity index (χ0) is 11.1. The molecule has 0 aliphatic carbocycles. The fraction of sp³-hybridized carbons (Fsp3) is 0.600. The van der Waals surface area contributed by atoms with Gasteiger partial charge in [-0.05, 0) is 5.92 Å². The molecule has 3 N–H and O–H groups in total. The monoisotopic (exact) mass is 198 g/mol. The molecule has 0 aromatic heterocycles. The van der Waals surface area contributed by atoms with Gasteiger partial charge in [-0.15, -0.1) is 6.58 Å². The fourth-order valence-corrected chi connectivity index (χ4v) is 1.40. The molecule has 0 saturated heterocycles. The van der Waals surface area contributed by atoms with E-state index in [9.17, 15) is 4.79 Å². The molecule has 0 bridgehead atoms. The molecule has 0 spiro atoms. The first-order valence-electron chi connectivity index (χ1n) is 4.69. The van der Waals surface area contributed by atoms with Crippen molar-refractivity contribution in [3.8, 4) is 0 Å². The van der Waals surface area contributed by atoms with Crippen molar-refractivity contribution in [3.05, 3.63) is 12.7 Å². The van der Waals surface area contributed by atoms with Crippen molar-refractivity contribution in [2.75, 3.05) is 0 Å². The predicted molar refractivity (Wildman–Crippen MR) is 56.9 cm³/mol. The van der Waals surface area contributed by atoms with Crippen LogP contribution in [0.25, 0.3) is 0 Å². The van der Waals surface area contributed by atoms with E-state index in [2.05, 4.69) is 11.9 Å². The van der Waals surface area contributed by atoms with Gasteiger partial charge in [0.05, 0.1) is 6.04 Å². The van der Waals surface area contributed by atoms with Crippen LogP contribution in [0.3, 0.4) is 0 Å². The van der Waals surface area contributed by atoms with Crippen LogP contribution >= 0.6 is 0 Å². The van der Waals surface area contributed by atoms with Crippen molar-refractivity contribution in [1.82, 2.24) is 5.32 Å². The van der Waals surface area contributed by atoms with E-state index in [1.165, 1.54) is 0 Å². The minimum atomic E-state index is -1.10. The first-order chi connectivity index (χ1) is 6.56. The summed E-state index contributed by atoms with van der Waals surface area (Å²) in [5, 5.41) is 18.0. The second-order valence-electron chi connectivity index (χ2n) is 3.34. The minimum Gasteiger partial charge on any atom is -0.465 e. The second-order valence-corrected chi connectivity index (χ2v) is 3.34. The number of nitrogens with one attached hydrogen (secondary N) is 2. The molecule has 0 fully saturated rings. The van der Waals surface area contributed by atoms with Gasteiger partial charge >= 0.3 is 6.09 Å². The molecule has 1 amide bonds. The molecule has 80 valence electrons. The maximum absolute atomic E-state index is 10.5. The van der Waals surface area contributed by atoms with Crippen molar-refractivity contribution < 1.29 is 9.90 Å². The molecule has 0 aliphatic heterocycles. The maximum Gasteiger partial charge on any atom is 0.405 e. The van der Waals surface area contributed by atoms with E-state index in [1.54, 1.807) is 6.08 Å². The van der Waals surface area contributed by atoms with Crippen molar-refractivity contribution in [3.63, 3.8) is 0 Å². The average Bonchev–Trinajstić information content (AvgIpc) is 2.16. The highest BCUT2D eigenvalue weighted by atomic mass is 16.4. The number of carbonyl (C=O) groups is 1. The third kappa shape index (κ3) is 3.60. The summed E-state index contributed by atoms with van der Waals surface area (Å²) in [6.45, 7) is 7.72. The summed E-state index contributed by atoms with van der Waals surface area (Å²) in [6.07, 6.45) is 2.66. The molecular weight excluding hydrogens is 180 g/mol. The van der Waals surface area contributed by atoms with Gasteiger partial charge in [-0.2, -0.15) is 0 Å². The van der Waals surface area contributed by atoms with Gasteiger partial charge < -0.3 is 15.8 Å². The molecule has 0 saturated carbocycles. The van der Waals surface area contributed by atoms with Gasteiger partial charge in [-0.1, -0.05) is 26.3 Å². The van der Waals surface area contributed by atoms with Gasteiger partial charge in [-0.3, -0.25) is 0 Å². The Kier molecular flexibility index (Phi) is 5.60. The molecular formula is C10H18N2O2. The highest BCUT2D eigenvalue weighted by Crippen LogP contribution is 2.19. The van der Waals surface area contributed by atoms with Crippen molar-refractivity contribution in [2.45, 2.75) is 26.3 Å². The Hall–Kier alpha value is -1.32. The smallest absolute Gasteiger partial charge is 0.405 e. The third-order valence-corrected chi connectivity index (χ3v) is 2.46. The Labute approximate surface area is 84.5 Å². The fourth-order valence-electron chi connectivity index (χ4n) is 1.40. The molecule has 0 heterocycles. The molecule has 3 atom stereocenters. The Morgan fingerprint density at radius 3 is 2.57 bits per heavy atom. The topological polar surface area (TPSA) is 73.2 Å². The quantitative estimate of drug-likeness (QED) is 0.452. The standard InChI is InChI=1S/C10H18N2O2/c1-4-7(3)8(5-2)9(6-11)12-10(13)14/h5-9,11-12H,2,4H2,1,3H3,(H,13,14)/t7-,8-,9?/m0/s1. The third-order valence-electron chi connectivity index (χ3n) is 2.46. The summed E-state index contributed by atoms with van der Waals surface area (Å²) >= 11 is 0. The van der Waals surface area contributed by atoms with Crippen molar-refractivity contribution in [1.29, 1.82) is 5.41 Å². The number of carboxylic acid groups (broad SMARTS) is 1. The largest absolute Gasteiger partial charge is 0.465 e. The Morgan fingerprint density at radius 2 is 2.29 bits per heavy atom. The minimum absolute atomic E-state index is 0.0198. The summed E-state index contributed by atoms with van der Waals surface area (Å²) in [5.74, 6) is 0.291. The van der Waals surface area contributed by atoms with E-state index in [-0.39, 0.29) is 5.92 Å². The highest BCUT2D eigenvalue weighted by Gasteiger charge is 2.22. The van der Waals surface area contributed by atoms with Crippen LogP contribution in [0, 0.1) is 17.2 Å². The first-order valence-corrected chi connectivity index (χ1v) is 4.69. The van der Waals surface area contributed by atoms with Crippen LogP contribution in [-0.2, 0) is 0 Å². The van der Waals surface area contributed by atoms with E-state index in [0.717, 1.165) is 12.6 Å². The van der Waals surface area contributed by atoms with Crippen molar-refractivity contribution in [2.24, 2.45) is 11.8 Å². The molecule has 0 aliphatic rings. The lowest BCUT2D eigenvalue weighted by molar-refractivity contribution is 0.188. The summed E-state index contributed by atoms with van der Waals surface area (Å²) in [4.78, 5) is 10.5. The number of hydrogen-bond acceptors (Lipinski definition) is 2. The van der Waals surface area contributed by atoms with Gasteiger partial charge in [0.15, 0.2) is 0 Å². The molecule has 1 unspecified atom stereocenters. The second kappa shape index (κ2) is 6.18. The van der Waals surface area contributed by atoms with Gasteiger partial charge in [0.25, 0.3) is 0 Å². The Bertz CT molecular complexity index is 216. The van der Waals surface area contributed by atoms with Crippen LogP contribution in [0.4, 0.5) is 4.79 Å². The van der Waals surface area contributed by atoms with Gasteiger partial charge in [0.2, 0.25) is 0 Å². The lowest BCUT2D eigenvalue weighted by Gasteiger charge is -2.25. The molecule has 0 rings (SSSR count). The van der Waals surface area contributed by atoms with Crippen molar-refractivity contribution >= 4 is 12.3 Å². The lowest BCUT2D eigenvalue weighted by atomic mass is 9.86. The number of hydrogen-bond donors (Lipinski definition) is 3. The molecule has 4 nitrogen and oxygen atoms in total. The van der Waals surface area contributed by atoms with Crippen LogP contribution in [0.5, 0.6) is 0 Å². The van der Waals surface area contributed by atoms with Crippen LogP contribution in [0.15, 0.2) is 12.7 Å².